The summed E-state index contributed by atoms with van der Waals surface area (Å²) >= 11 is 33.6. The van der Waals surface area contributed by atoms with Crippen LogP contribution in [0, 0.1) is 31.1 Å². The number of ether oxygens (including phenoxy) is 2. The van der Waals surface area contributed by atoms with E-state index in [1.165, 1.54) is 51.2 Å². The number of nitrogens with one attached hydrogen (secondary N) is 3. The van der Waals surface area contributed by atoms with Crippen molar-refractivity contribution in [2.24, 2.45) is 0 Å². The number of benzene rings is 5. The van der Waals surface area contributed by atoms with Crippen LogP contribution in [0.25, 0.3) is 56.0 Å². The van der Waals surface area contributed by atoms with Gasteiger partial charge in [0, 0.05) is 86.0 Å². The smallest absolute Gasteiger partial charge is 0.497 e. The first-order chi connectivity index (χ1) is 54.0. The average Bonchev–Trinajstić information content (AvgIpc) is 1.64. The lowest BCUT2D eigenvalue weighted by Crippen LogP contribution is -2.32. The zero-order chi connectivity index (χ0) is 77.6. The van der Waals surface area contributed by atoms with Crippen molar-refractivity contribution < 1.29 is 19.5 Å². The van der Waals surface area contributed by atoms with Crippen LogP contribution in [0.15, 0.2) is 225 Å². The van der Waals surface area contributed by atoms with Crippen LogP contribution in [0.5, 0.6) is 11.5 Å². The van der Waals surface area contributed by atoms with E-state index in [-0.39, 0.29) is 56.0 Å². The molecular formula is C84H77BCl7N19O4. The molecule has 3 aliphatic rings. The summed E-state index contributed by atoms with van der Waals surface area (Å²) in [6, 6.07) is 58.9. The Labute approximate surface area is 703 Å². The molecule has 584 valence electrons. The fourth-order valence-corrected chi connectivity index (χ4v) is 12.3. The maximum absolute atomic E-state index is 8.58. The number of pyridine rings is 4. The number of methoxy groups -OCH3 is 2. The summed E-state index contributed by atoms with van der Waals surface area (Å²) in [4.78, 5) is 54.5. The molecule has 0 saturated heterocycles. The molecule has 13 heterocycles. The van der Waals surface area contributed by atoms with Gasteiger partial charge in [0.05, 0.1) is 77.4 Å². The molecule has 0 atom stereocenters. The second-order valence-electron chi connectivity index (χ2n) is 24.3. The van der Waals surface area contributed by atoms with Crippen molar-refractivity contribution in [3.8, 4) is 69.8 Å². The van der Waals surface area contributed by atoms with Gasteiger partial charge in [0.15, 0.2) is 0 Å². The molecule has 0 amide bonds. The van der Waals surface area contributed by atoms with E-state index >= 15 is 0 Å². The lowest BCUT2D eigenvalue weighted by molar-refractivity contribution is 0.414. The van der Waals surface area contributed by atoms with Crippen LogP contribution in [0.4, 0.5) is 11.9 Å². The minimum absolute atomic E-state index is 0. The molecule has 10 aromatic heterocycles. The summed E-state index contributed by atoms with van der Waals surface area (Å²) in [6.45, 7) is 7.30. The van der Waals surface area contributed by atoms with Gasteiger partial charge >= 0.3 is 7.12 Å². The highest BCUT2D eigenvalue weighted by Crippen LogP contribution is 2.32. The molecule has 0 fully saturated rings. The highest BCUT2D eigenvalue weighted by Gasteiger charge is 2.24. The van der Waals surface area contributed by atoms with Crippen LogP contribution < -0.4 is 30.2 Å². The van der Waals surface area contributed by atoms with E-state index in [1.54, 1.807) is 87.7 Å². The third kappa shape index (κ3) is 25.1. The van der Waals surface area contributed by atoms with E-state index < -0.39 is 7.12 Å². The molecule has 23 nitrogen and oxygen atoms in total. The van der Waals surface area contributed by atoms with Gasteiger partial charge in [-0.1, -0.05) is 141 Å². The Morgan fingerprint density at radius 1 is 0.426 bits per heavy atom. The Kier molecular flexibility index (Phi) is 33.6. The third-order valence-corrected chi connectivity index (χ3v) is 17.9. The van der Waals surface area contributed by atoms with Crippen LogP contribution in [-0.2, 0) is 39.3 Å². The normalized spacial score (nSPS) is 11.3. The number of nitrogens with zero attached hydrogens (tertiary/aromatic N) is 16. The van der Waals surface area contributed by atoms with Crippen molar-refractivity contribution in [3.63, 3.8) is 0 Å². The summed E-state index contributed by atoms with van der Waals surface area (Å²) < 4.78 is 10.7. The molecule has 31 heteroatoms. The second kappa shape index (κ2) is 43.5. The Morgan fingerprint density at radius 3 is 1.37 bits per heavy atom. The summed E-state index contributed by atoms with van der Waals surface area (Å²) in [5.41, 5.74) is 18.3. The van der Waals surface area contributed by atoms with Gasteiger partial charge in [0.25, 0.3) is 0 Å². The molecular weight excluding hydrogens is 1600 g/mol. The van der Waals surface area contributed by atoms with Crippen LogP contribution in [-0.4, -0.2) is 112 Å². The quantitative estimate of drug-likeness (QED) is 0.0310. The van der Waals surface area contributed by atoms with E-state index in [0.717, 1.165) is 106 Å². The van der Waals surface area contributed by atoms with Gasteiger partial charge in [-0.15, -0.1) is 18.8 Å². The number of terminal acetylenes is 1. The van der Waals surface area contributed by atoms with E-state index in [9.17, 15) is 0 Å². The lowest BCUT2D eigenvalue weighted by Gasteiger charge is -2.15. The average molecular weight is 1680 g/mol. The molecule has 15 aromatic rings. The van der Waals surface area contributed by atoms with Crippen molar-refractivity contribution in [1.82, 2.24) is 85.5 Å². The maximum atomic E-state index is 8.58. The fourth-order valence-electron chi connectivity index (χ4n) is 11.3. The van der Waals surface area contributed by atoms with Crippen molar-refractivity contribution in [2.75, 3.05) is 24.0 Å². The largest absolute Gasteiger partial charge is 0.508 e. The minimum Gasteiger partial charge on any atom is -0.497 e. The van der Waals surface area contributed by atoms with Gasteiger partial charge in [0.1, 0.15) is 37.8 Å². The van der Waals surface area contributed by atoms with Crippen LogP contribution >= 0.6 is 82.0 Å². The molecule has 5 aromatic carbocycles. The van der Waals surface area contributed by atoms with Crippen LogP contribution in [0.1, 0.15) is 78.0 Å². The number of fused-ring (bicyclic) bond motifs is 5. The predicted octanol–water partition coefficient (Wildman–Crippen LogP) is 17.6. The highest BCUT2D eigenvalue weighted by atomic mass is 35.5. The molecule has 5 N–H and O–H groups in total. The van der Waals surface area contributed by atoms with Gasteiger partial charge in [-0.05, 0) is 203 Å². The summed E-state index contributed by atoms with van der Waals surface area (Å²) in [5.74, 6) is 12.0. The SMILES string of the molecule is C.C.C.C#Cc1ccc2[nH]ncc2c1.COc1ccc2c(c1)CN(c1nccc(-c3cccc(C#Cc4ccc5[nH]ncc5c4)n3)n1)C2.COc1ccc2c(c1)CN(c1nccc(-c3cccc(Cl)n3)n1)C2.Cc1ccc2c(c1)CNC2.Cl.Clc1cccc(-c2ccnc(Cl)n2)n1.Clc1ccnc(Cl)n1.OB(O)c1cccc(Cl)n1. The Balaban J connectivity index is 0.000000179. The number of H-pyrrole nitrogens is 2. The Morgan fingerprint density at radius 2 is 0.878 bits per heavy atom. The Bertz CT molecular complexity index is 5790. The number of hydrogen-bond donors (Lipinski definition) is 5. The van der Waals surface area contributed by atoms with Crippen LogP contribution in [0.2, 0.25) is 31.2 Å². The first-order valence-electron chi connectivity index (χ1n) is 33.9. The molecule has 0 bridgehead atoms. The van der Waals surface area contributed by atoms with Crippen molar-refractivity contribution >= 4 is 128 Å². The van der Waals surface area contributed by atoms with Gasteiger partial charge in [0.2, 0.25) is 22.5 Å². The molecule has 0 unspecified atom stereocenters. The van der Waals surface area contributed by atoms with E-state index in [2.05, 4.69) is 153 Å². The van der Waals surface area contributed by atoms with Crippen molar-refractivity contribution in [1.29, 1.82) is 0 Å². The van der Waals surface area contributed by atoms with Gasteiger partial charge in [-0.25, -0.2) is 59.8 Å². The van der Waals surface area contributed by atoms with Gasteiger partial charge in [-0.3, -0.25) is 10.2 Å². The van der Waals surface area contributed by atoms with Gasteiger partial charge < -0.3 is 34.6 Å². The molecule has 3 aliphatic heterocycles. The number of rotatable bonds is 8. The molecule has 0 radical (unpaired) electrons. The summed E-state index contributed by atoms with van der Waals surface area (Å²) in [7, 11) is 1.82. The first kappa shape index (κ1) is 88.8. The summed E-state index contributed by atoms with van der Waals surface area (Å²) in [5, 5.41) is 38.2. The number of anilines is 2. The molecule has 115 heavy (non-hydrogen) atoms. The van der Waals surface area contributed by atoms with Crippen LogP contribution in [0.3, 0.4) is 0 Å². The zero-order valence-corrected chi connectivity index (χ0v) is 65.2. The van der Waals surface area contributed by atoms with E-state index in [0.29, 0.717) is 44.4 Å². The number of aromatic nitrogens is 16. The van der Waals surface area contributed by atoms with Crippen molar-refractivity contribution in [3.05, 3.63) is 312 Å². The molecule has 0 aliphatic carbocycles. The standard InChI is InChI=1S/C27H20N6O.C18H15ClN4O.C9H5Cl2N3.C9H6N2.C9H11N.C5H5BClNO2.C4H2Cl2N2.3CH4.ClH/c1-34-23-9-7-19-16-33(17-21(19)14-23)27-28-12-11-26(31-27)25-4-2-3-22(30-25)8-5-18-6-10-24-20(13-18)15-29-32-24;1-24-14-6-5-12-10-23(11-13(12)9-14)18-20-8-7-16(22-18)15-3-2-4-17(19)21-15;10-8-3-1-2-6(13-8)7-4-5-12-9(11)14-7;1-2-7-3-4-9-8(5-7)6-10-11-9;1-7-2-3-8-5-10-6-9(8)4-7;7-5-3-1-2-4(8-5)6(9)10;5-3-1-2-7-4(6)8-3;;;;/h2-4,6-7,9-15H,16-17H2,1H3,(H,29,32);2-9H,10-11H2,1H3;1-5H;1,3-6H,(H,10,11);2-4,10H,5-6H2,1H3;1-3,9-10H;1-2H;3*1H4;1H. The van der Waals surface area contributed by atoms with E-state index in [4.69, 9.17) is 106 Å². The zero-order valence-electron chi connectivity index (χ0n) is 59.8. The monoisotopic (exact) mass is 1670 g/mol. The van der Waals surface area contributed by atoms with Gasteiger partial charge in [-0.2, -0.15) is 10.2 Å². The Hall–Kier alpha value is -11.7. The molecule has 0 saturated carbocycles. The predicted molar refractivity (Wildman–Crippen MR) is 463 cm³/mol. The lowest BCUT2D eigenvalue weighted by atomic mass is 9.86. The maximum Gasteiger partial charge on any atom is 0.508 e. The fraction of sp³-hybridized carbons (Fsp3) is 0.143. The minimum atomic E-state index is -1.54. The summed E-state index contributed by atoms with van der Waals surface area (Å²) in [6.07, 6.45) is 15.4. The van der Waals surface area contributed by atoms with Crippen molar-refractivity contribution in [2.45, 2.75) is 68.5 Å². The number of aryl methyl sites for hydroxylation is 1. The molecule has 18 rings (SSSR count). The highest BCUT2D eigenvalue weighted by molar-refractivity contribution is 6.57. The number of halogens is 7. The topological polar surface area (TPSA) is 289 Å². The van der Waals surface area contributed by atoms with E-state index in [1.807, 2.05) is 97.1 Å². The number of hydrogen-bond acceptors (Lipinski definition) is 21. The number of aromatic amines is 2. The second-order valence-corrected chi connectivity index (χ2v) is 26.5. The third-order valence-electron chi connectivity index (χ3n) is 16.7. The first-order valence-corrected chi connectivity index (χ1v) is 36.2. The molecule has 0 spiro atoms.